The van der Waals surface area contributed by atoms with Crippen molar-refractivity contribution in [1.29, 1.82) is 0 Å². The number of carbonyl (C=O) groups is 1. The lowest BCUT2D eigenvalue weighted by atomic mass is 10.1. The number of aryl methyl sites for hydroxylation is 1. The van der Waals surface area contributed by atoms with Crippen LogP contribution in [0, 0.1) is 6.92 Å². The molecule has 0 unspecified atom stereocenters. The Balaban J connectivity index is 2.05. The molecule has 1 rings (SSSR count). The van der Waals surface area contributed by atoms with Gasteiger partial charge in [-0.1, -0.05) is 29.8 Å². The standard InChI is InChI=1S/C16H26N2O2/c1-13(2)20-11-5-9-17-16(19)18-10-8-15-7-4-6-14(3)12-15/h4,6-7,12-13H,5,8-11H2,1-3H3,(H2,17,18,19). The van der Waals surface area contributed by atoms with Crippen molar-refractivity contribution in [3.63, 3.8) is 0 Å². The van der Waals surface area contributed by atoms with Crippen LogP contribution in [0.2, 0.25) is 0 Å². The van der Waals surface area contributed by atoms with Gasteiger partial charge in [0.15, 0.2) is 0 Å². The summed E-state index contributed by atoms with van der Waals surface area (Å²) in [6, 6.07) is 8.23. The molecule has 20 heavy (non-hydrogen) atoms. The Hall–Kier alpha value is -1.55. The molecule has 0 radical (unpaired) electrons. The molecule has 0 fully saturated rings. The van der Waals surface area contributed by atoms with Crippen LogP contribution >= 0.6 is 0 Å². The van der Waals surface area contributed by atoms with Gasteiger partial charge in [-0.15, -0.1) is 0 Å². The Morgan fingerprint density at radius 1 is 1.25 bits per heavy atom. The van der Waals surface area contributed by atoms with E-state index in [2.05, 4.69) is 35.8 Å². The Kier molecular flexibility index (Phi) is 7.73. The quantitative estimate of drug-likeness (QED) is 0.718. The lowest BCUT2D eigenvalue weighted by Crippen LogP contribution is -2.37. The number of amides is 2. The summed E-state index contributed by atoms with van der Waals surface area (Å²) in [5, 5.41) is 5.68. The van der Waals surface area contributed by atoms with Crippen LogP contribution in [0.25, 0.3) is 0 Å². The third kappa shape index (κ3) is 7.79. The maximum Gasteiger partial charge on any atom is 0.314 e. The van der Waals surface area contributed by atoms with E-state index < -0.39 is 0 Å². The molecule has 1 aromatic carbocycles. The second-order valence-electron chi connectivity index (χ2n) is 5.19. The van der Waals surface area contributed by atoms with Gasteiger partial charge in [-0.25, -0.2) is 4.79 Å². The lowest BCUT2D eigenvalue weighted by Gasteiger charge is -2.09. The van der Waals surface area contributed by atoms with E-state index in [9.17, 15) is 4.79 Å². The summed E-state index contributed by atoms with van der Waals surface area (Å²) in [7, 11) is 0. The van der Waals surface area contributed by atoms with Gasteiger partial charge >= 0.3 is 6.03 Å². The number of hydrogen-bond acceptors (Lipinski definition) is 2. The van der Waals surface area contributed by atoms with Crippen molar-refractivity contribution in [2.75, 3.05) is 19.7 Å². The van der Waals surface area contributed by atoms with E-state index in [-0.39, 0.29) is 12.1 Å². The molecule has 2 N–H and O–H groups in total. The number of nitrogens with one attached hydrogen (secondary N) is 2. The summed E-state index contributed by atoms with van der Waals surface area (Å²) in [6.45, 7) is 8.06. The van der Waals surface area contributed by atoms with Gasteiger partial charge in [0.25, 0.3) is 0 Å². The maximum atomic E-state index is 11.5. The SMILES string of the molecule is Cc1cccc(CCNC(=O)NCCCOC(C)C)c1. The van der Waals surface area contributed by atoms with E-state index in [1.807, 2.05) is 19.9 Å². The highest BCUT2D eigenvalue weighted by atomic mass is 16.5. The van der Waals surface area contributed by atoms with Crippen LogP contribution in [0.15, 0.2) is 24.3 Å². The average Bonchev–Trinajstić information content (AvgIpc) is 2.38. The summed E-state index contributed by atoms with van der Waals surface area (Å²) in [6.07, 6.45) is 1.94. The second kappa shape index (κ2) is 9.37. The fraction of sp³-hybridized carbons (Fsp3) is 0.562. The molecule has 0 saturated heterocycles. The molecule has 0 aliphatic rings. The molecule has 0 aliphatic heterocycles. The predicted molar refractivity (Wildman–Crippen MR) is 82.0 cm³/mol. The van der Waals surface area contributed by atoms with Gasteiger partial charge in [-0.2, -0.15) is 0 Å². The zero-order chi connectivity index (χ0) is 14.8. The van der Waals surface area contributed by atoms with Gasteiger partial charge in [0.05, 0.1) is 6.10 Å². The molecule has 0 atom stereocenters. The third-order valence-corrected chi connectivity index (χ3v) is 2.84. The van der Waals surface area contributed by atoms with Crippen LogP contribution in [-0.4, -0.2) is 31.8 Å². The smallest absolute Gasteiger partial charge is 0.314 e. The van der Waals surface area contributed by atoms with Gasteiger partial charge < -0.3 is 15.4 Å². The molecule has 0 aromatic heterocycles. The van der Waals surface area contributed by atoms with Crippen LogP contribution in [0.4, 0.5) is 4.79 Å². The largest absolute Gasteiger partial charge is 0.379 e. The van der Waals surface area contributed by atoms with Crippen LogP contribution in [0.3, 0.4) is 0 Å². The van der Waals surface area contributed by atoms with Crippen LogP contribution in [0.1, 0.15) is 31.4 Å². The summed E-state index contributed by atoms with van der Waals surface area (Å²) in [5.41, 5.74) is 2.49. The van der Waals surface area contributed by atoms with Crippen LogP contribution in [0.5, 0.6) is 0 Å². The third-order valence-electron chi connectivity index (χ3n) is 2.84. The van der Waals surface area contributed by atoms with Crippen molar-refractivity contribution in [3.8, 4) is 0 Å². The first-order chi connectivity index (χ1) is 9.58. The molecular formula is C16H26N2O2. The van der Waals surface area contributed by atoms with E-state index in [0.717, 1.165) is 12.8 Å². The van der Waals surface area contributed by atoms with Gasteiger partial charge in [0.2, 0.25) is 0 Å². The van der Waals surface area contributed by atoms with Crippen molar-refractivity contribution in [1.82, 2.24) is 10.6 Å². The summed E-state index contributed by atoms with van der Waals surface area (Å²) >= 11 is 0. The molecule has 4 nitrogen and oxygen atoms in total. The first-order valence-corrected chi connectivity index (χ1v) is 7.27. The normalized spacial score (nSPS) is 10.6. The molecule has 0 spiro atoms. The first-order valence-electron chi connectivity index (χ1n) is 7.27. The number of rotatable bonds is 8. The molecule has 0 aliphatic carbocycles. The Labute approximate surface area is 121 Å². The van der Waals surface area contributed by atoms with Crippen molar-refractivity contribution in [2.45, 2.75) is 39.7 Å². The maximum absolute atomic E-state index is 11.5. The van der Waals surface area contributed by atoms with E-state index >= 15 is 0 Å². The Bertz CT molecular complexity index is 405. The minimum Gasteiger partial charge on any atom is -0.379 e. The fourth-order valence-electron chi connectivity index (χ4n) is 1.84. The van der Waals surface area contributed by atoms with Crippen LogP contribution < -0.4 is 10.6 Å². The van der Waals surface area contributed by atoms with E-state index in [1.165, 1.54) is 11.1 Å². The number of ether oxygens (including phenoxy) is 1. The fourth-order valence-corrected chi connectivity index (χ4v) is 1.84. The van der Waals surface area contributed by atoms with Gasteiger partial charge in [-0.3, -0.25) is 0 Å². The molecule has 112 valence electrons. The summed E-state index contributed by atoms with van der Waals surface area (Å²) < 4.78 is 5.40. The molecule has 2 amide bonds. The van der Waals surface area contributed by atoms with E-state index in [0.29, 0.717) is 19.7 Å². The second-order valence-corrected chi connectivity index (χ2v) is 5.19. The molecule has 1 aromatic rings. The Morgan fingerprint density at radius 3 is 2.70 bits per heavy atom. The molecule has 0 bridgehead atoms. The highest BCUT2D eigenvalue weighted by Crippen LogP contribution is 2.03. The number of hydrogen-bond donors (Lipinski definition) is 2. The molecule has 4 heteroatoms. The molecular weight excluding hydrogens is 252 g/mol. The topological polar surface area (TPSA) is 50.4 Å². The van der Waals surface area contributed by atoms with Crippen molar-refractivity contribution in [2.24, 2.45) is 0 Å². The minimum atomic E-state index is -0.109. The van der Waals surface area contributed by atoms with Crippen molar-refractivity contribution >= 4 is 6.03 Å². The molecule has 0 saturated carbocycles. The predicted octanol–water partition coefficient (Wildman–Crippen LogP) is 2.65. The number of carbonyl (C=O) groups excluding carboxylic acids is 1. The lowest BCUT2D eigenvalue weighted by molar-refractivity contribution is 0.0774. The minimum absolute atomic E-state index is 0.109. The Morgan fingerprint density at radius 2 is 2.00 bits per heavy atom. The number of benzene rings is 1. The first kappa shape index (κ1) is 16.5. The highest BCUT2D eigenvalue weighted by molar-refractivity contribution is 5.73. The molecule has 0 heterocycles. The zero-order valence-electron chi connectivity index (χ0n) is 12.7. The van der Waals surface area contributed by atoms with Crippen LogP contribution in [-0.2, 0) is 11.2 Å². The van der Waals surface area contributed by atoms with Crippen molar-refractivity contribution in [3.05, 3.63) is 35.4 Å². The summed E-state index contributed by atoms with van der Waals surface area (Å²) in [5.74, 6) is 0. The van der Waals surface area contributed by atoms with Crippen molar-refractivity contribution < 1.29 is 9.53 Å². The average molecular weight is 278 g/mol. The van der Waals surface area contributed by atoms with Gasteiger partial charge in [0.1, 0.15) is 0 Å². The van der Waals surface area contributed by atoms with E-state index in [1.54, 1.807) is 0 Å². The van der Waals surface area contributed by atoms with E-state index in [4.69, 9.17) is 4.74 Å². The zero-order valence-corrected chi connectivity index (χ0v) is 12.7. The number of urea groups is 1. The van der Waals surface area contributed by atoms with Gasteiger partial charge in [0, 0.05) is 19.7 Å². The monoisotopic (exact) mass is 278 g/mol. The highest BCUT2D eigenvalue weighted by Gasteiger charge is 2.00. The van der Waals surface area contributed by atoms with Gasteiger partial charge in [-0.05, 0) is 39.2 Å². The summed E-state index contributed by atoms with van der Waals surface area (Å²) in [4.78, 5) is 11.5.